The molecule has 2 nitrogen and oxygen atoms in total. The summed E-state index contributed by atoms with van der Waals surface area (Å²) in [6.45, 7) is 5.59. The molecule has 4 atom stereocenters. The van der Waals surface area contributed by atoms with Gasteiger partial charge in [0.2, 0.25) is 0 Å². The standard InChI is InChI=1S/C19H30N2/c1-3-8-20-18(13-19-14(2)5-4-9-21-19)12-17-11-15-6-7-16(17)10-15/h4-5,9,15-18,20H,3,6-8,10-13H2,1-2H3. The van der Waals surface area contributed by atoms with Gasteiger partial charge >= 0.3 is 0 Å². The number of aromatic nitrogens is 1. The number of nitrogens with zero attached hydrogens (tertiary/aromatic N) is 1. The summed E-state index contributed by atoms with van der Waals surface area (Å²) >= 11 is 0. The van der Waals surface area contributed by atoms with Crippen molar-refractivity contribution in [2.45, 2.75) is 64.8 Å². The van der Waals surface area contributed by atoms with Crippen LogP contribution in [-0.2, 0) is 6.42 Å². The van der Waals surface area contributed by atoms with Gasteiger partial charge in [0.05, 0.1) is 0 Å². The van der Waals surface area contributed by atoms with E-state index in [1.165, 1.54) is 49.8 Å². The normalized spacial score (nSPS) is 29.0. The smallest absolute Gasteiger partial charge is 0.0448 e. The van der Waals surface area contributed by atoms with E-state index in [1.54, 1.807) is 0 Å². The second kappa shape index (κ2) is 6.91. The molecule has 2 heteroatoms. The van der Waals surface area contributed by atoms with Gasteiger partial charge in [0, 0.05) is 24.4 Å². The van der Waals surface area contributed by atoms with E-state index in [4.69, 9.17) is 0 Å². The van der Waals surface area contributed by atoms with E-state index in [2.05, 4.69) is 30.2 Å². The van der Waals surface area contributed by atoms with Crippen molar-refractivity contribution >= 4 is 0 Å². The predicted molar refractivity (Wildman–Crippen MR) is 88.3 cm³/mol. The summed E-state index contributed by atoms with van der Waals surface area (Å²) < 4.78 is 0. The maximum atomic E-state index is 4.61. The first-order valence-electron chi connectivity index (χ1n) is 8.90. The van der Waals surface area contributed by atoms with Crippen molar-refractivity contribution in [3.8, 4) is 0 Å². The van der Waals surface area contributed by atoms with Crippen molar-refractivity contribution in [1.29, 1.82) is 0 Å². The second-order valence-corrected chi connectivity index (χ2v) is 7.29. The molecule has 0 aromatic carbocycles. The SMILES string of the molecule is CCCNC(Cc1ncccc1C)CC1CC2CCC1C2. The molecule has 0 aliphatic heterocycles. The maximum Gasteiger partial charge on any atom is 0.0448 e. The molecule has 4 unspecified atom stereocenters. The van der Waals surface area contributed by atoms with Gasteiger partial charge in [-0.1, -0.05) is 19.4 Å². The molecule has 2 saturated carbocycles. The third-order valence-corrected chi connectivity index (χ3v) is 5.71. The molecule has 21 heavy (non-hydrogen) atoms. The molecule has 116 valence electrons. The molecule has 0 saturated heterocycles. The van der Waals surface area contributed by atoms with Crippen molar-refractivity contribution in [1.82, 2.24) is 10.3 Å². The molecule has 0 radical (unpaired) electrons. The minimum Gasteiger partial charge on any atom is -0.314 e. The lowest BCUT2D eigenvalue weighted by Gasteiger charge is -2.27. The molecule has 0 amide bonds. The van der Waals surface area contributed by atoms with Crippen molar-refractivity contribution in [2.24, 2.45) is 17.8 Å². The Kier molecular flexibility index (Phi) is 4.95. The van der Waals surface area contributed by atoms with E-state index in [0.717, 1.165) is 30.7 Å². The first-order valence-corrected chi connectivity index (χ1v) is 8.90. The van der Waals surface area contributed by atoms with Gasteiger partial charge in [0.25, 0.3) is 0 Å². The van der Waals surface area contributed by atoms with Crippen LogP contribution in [0.5, 0.6) is 0 Å². The topological polar surface area (TPSA) is 24.9 Å². The summed E-state index contributed by atoms with van der Waals surface area (Å²) in [7, 11) is 0. The first kappa shape index (κ1) is 15.0. The largest absolute Gasteiger partial charge is 0.314 e. The first-order chi connectivity index (χ1) is 10.3. The van der Waals surface area contributed by atoms with Gasteiger partial charge < -0.3 is 5.32 Å². The molecule has 2 aliphatic rings. The predicted octanol–water partition coefficient (Wildman–Crippen LogP) is 4.13. The lowest BCUT2D eigenvalue weighted by molar-refractivity contribution is 0.276. The van der Waals surface area contributed by atoms with Gasteiger partial charge in [0.15, 0.2) is 0 Å². The van der Waals surface area contributed by atoms with E-state index in [1.807, 2.05) is 12.3 Å². The molecule has 2 aliphatic carbocycles. The van der Waals surface area contributed by atoms with Crippen LogP contribution < -0.4 is 5.32 Å². The lowest BCUT2D eigenvalue weighted by Crippen LogP contribution is -2.35. The molecule has 3 rings (SSSR count). The third-order valence-electron chi connectivity index (χ3n) is 5.71. The summed E-state index contributed by atoms with van der Waals surface area (Å²) in [4.78, 5) is 4.61. The third kappa shape index (κ3) is 3.66. The van der Waals surface area contributed by atoms with Gasteiger partial charge in [-0.05, 0) is 75.0 Å². The van der Waals surface area contributed by atoms with E-state index in [-0.39, 0.29) is 0 Å². The van der Waals surface area contributed by atoms with E-state index < -0.39 is 0 Å². The number of nitrogens with one attached hydrogen (secondary N) is 1. The number of pyridine rings is 1. The monoisotopic (exact) mass is 286 g/mol. The highest BCUT2D eigenvalue weighted by atomic mass is 14.9. The van der Waals surface area contributed by atoms with Crippen LogP contribution in [0.15, 0.2) is 18.3 Å². The minimum atomic E-state index is 0.614. The highest BCUT2D eigenvalue weighted by Crippen LogP contribution is 2.50. The van der Waals surface area contributed by atoms with Crippen LogP contribution in [0.25, 0.3) is 0 Å². The number of hydrogen-bond acceptors (Lipinski definition) is 2. The molecular formula is C19H30N2. The Bertz CT molecular complexity index is 457. The Labute approximate surface area is 129 Å². The Balaban J connectivity index is 1.62. The summed E-state index contributed by atoms with van der Waals surface area (Å²) in [5, 5.41) is 3.79. The maximum absolute atomic E-state index is 4.61. The van der Waals surface area contributed by atoms with Crippen LogP contribution in [0.4, 0.5) is 0 Å². The van der Waals surface area contributed by atoms with Crippen molar-refractivity contribution in [3.05, 3.63) is 29.6 Å². The van der Waals surface area contributed by atoms with Crippen LogP contribution in [0.3, 0.4) is 0 Å². The average molecular weight is 286 g/mol. The summed E-state index contributed by atoms with van der Waals surface area (Å²) in [6, 6.07) is 4.85. The molecule has 1 heterocycles. The zero-order valence-corrected chi connectivity index (χ0v) is 13.6. The average Bonchev–Trinajstić information content (AvgIpc) is 3.09. The Morgan fingerprint density at radius 1 is 1.33 bits per heavy atom. The minimum absolute atomic E-state index is 0.614. The molecular weight excluding hydrogens is 256 g/mol. The molecule has 0 spiro atoms. The van der Waals surface area contributed by atoms with Gasteiger partial charge in [0.1, 0.15) is 0 Å². The zero-order valence-electron chi connectivity index (χ0n) is 13.6. The molecule has 2 fully saturated rings. The number of rotatable bonds is 7. The Hall–Kier alpha value is -0.890. The fraction of sp³-hybridized carbons (Fsp3) is 0.737. The van der Waals surface area contributed by atoms with E-state index in [9.17, 15) is 0 Å². The van der Waals surface area contributed by atoms with Gasteiger partial charge in [-0.15, -0.1) is 0 Å². The Morgan fingerprint density at radius 2 is 2.24 bits per heavy atom. The van der Waals surface area contributed by atoms with Crippen LogP contribution in [-0.4, -0.2) is 17.6 Å². The zero-order chi connectivity index (χ0) is 14.7. The van der Waals surface area contributed by atoms with Crippen molar-refractivity contribution in [2.75, 3.05) is 6.54 Å². The quantitative estimate of drug-likeness (QED) is 0.815. The number of hydrogen-bond donors (Lipinski definition) is 1. The lowest BCUT2D eigenvalue weighted by atomic mass is 9.83. The summed E-state index contributed by atoms with van der Waals surface area (Å²) in [5.74, 6) is 3.07. The van der Waals surface area contributed by atoms with Gasteiger partial charge in [-0.3, -0.25) is 4.98 Å². The highest BCUT2D eigenvalue weighted by molar-refractivity contribution is 5.18. The molecule has 1 aromatic rings. The second-order valence-electron chi connectivity index (χ2n) is 7.29. The number of aryl methyl sites for hydroxylation is 1. The fourth-order valence-electron chi connectivity index (χ4n) is 4.58. The summed E-state index contributed by atoms with van der Waals surface area (Å²) in [6.07, 6.45) is 11.6. The molecule has 1 aromatic heterocycles. The van der Waals surface area contributed by atoms with Gasteiger partial charge in [-0.2, -0.15) is 0 Å². The van der Waals surface area contributed by atoms with Gasteiger partial charge in [-0.25, -0.2) is 0 Å². The Morgan fingerprint density at radius 3 is 2.90 bits per heavy atom. The van der Waals surface area contributed by atoms with Crippen LogP contribution in [0.2, 0.25) is 0 Å². The van der Waals surface area contributed by atoms with Crippen molar-refractivity contribution in [3.63, 3.8) is 0 Å². The molecule has 1 N–H and O–H groups in total. The van der Waals surface area contributed by atoms with Crippen molar-refractivity contribution < 1.29 is 0 Å². The highest BCUT2D eigenvalue weighted by Gasteiger charge is 2.40. The molecule has 2 bridgehead atoms. The van der Waals surface area contributed by atoms with Crippen LogP contribution >= 0.6 is 0 Å². The summed E-state index contributed by atoms with van der Waals surface area (Å²) in [5.41, 5.74) is 2.63. The fourth-order valence-corrected chi connectivity index (χ4v) is 4.58. The van der Waals surface area contributed by atoms with Crippen LogP contribution in [0.1, 0.15) is 56.7 Å². The van der Waals surface area contributed by atoms with Crippen LogP contribution in [0, 0.1) is 24.7 Å². The van der Waals surface area contributed by atoms with E-state index in [0.29, 0.717) is 6.04 Å². The van der Waals surface area contributed by atoms with E-state index >= 15 is 0 Å². The number of fused-ring (bicyclic) bond motifs is 2.